The standard InChI is InChI=1S/C58H84IN3O20S4/c1-14-60-35-27-76-40(25-38(35)71-8)80-49-39(79-37-20-18-16-15-17-19-29(3)58(70,26-30(4)63)34(21-22-84-86-83-13)45(37)61-57(69)75-12)23-28(2)44(47(49)66)62-82-41-24-36(64)54(33(7)77-41)85-55(68)42-31(5)43(59)51(53(74-11)50(42)72-9)81-56-48(67)52(73-10)46(65)32(6)78-56/h15-16,21,28-29,32-33,35-41,44-49,52,54,56,60,62,64-67,70H,14,22-27H2,1-13H3,(H,61,69)/b16-15-,34-21+/t28?,29?,32?,33?,35?,36?,37-,38?,39?,40?,41?,44?,45?,46?,47?,48?,49?,52?,54?,56?,58+/m0/s1. The number of aliphatic hydroxyl groups excluding tert-OH is 4. The molecule has 28 heteroatoms. The van der Waals surface area contributed by atoms with E-state index in [0.717, 1.165) is 11.8 Å². The molecule has 21 atom stereocenters. The number of allylic oxidation sites excluding steroid dienone is 2. The van der Waals surface area contributed by atoms with E-state index in [0.29, 0.717) is 21.4 Å². The zero-order valence-electron chi connectivity index (χ0n) is 50.6. The maximum Gasteiger partial charge on any atom is 0.407 e. The number of amides is 1. The first-order valence-corrected chi connectivity index (χ1v) is 34.3. The Morgan fingerprint density at radius 3 is 2.20 bits per heavy atom. The number of hydroxylamine groups is 1. The van der Waals surface area contributed by atoms with Crippen molar-refractivity contribution in [2.45, 2.75) is 189 Å². The highest BCUT2D eigenvalue weighted by molar-refractivity contribution is 14.1. The number of alkyl carbamates (subject to hydrolysis) is 1. The van der Waals surface area contributed by atoms with Gasteiger partial charge in [-0.1, -0.05) is 77.0 Å². The third-order valence-corrected chi connectivity index (χ3v) is 22.2. The Morgan fingerprint density at radius 1 is 0.860 bits per heavy atom. The minimum absolute atomic E-state index is 0.0395. The number of thioether (sulfide) groups is 1. The molecule has 1 aromatic carbocycles. The number of benzene rings is 1. The Kier molecular flexibility index (Phi) is 28.8. The molecule has 23 nitrogen and oxygen atoms in total. The summed E-state index contributed by atoms with van der Waals surface area (Å²) < 4.78 is 66.9. The van der Waals surface area contributed by atoms with Crippen LogP contribution in [0, 0.1) is 46.0 Å². The normalized spacial score (nSPS) is 36.5. The molecule has 4 fully saturated rings. The quantitative estimate of drug-likeness (QED) is 0.0175. The van der Waals surface area contributed by atoms with E-state index in [2.05, 4.69) is 39.8 Å². The van der Waals surface area contributed by atoms with Crippen molar-refractivity contribution in [3.63, 3.8) is 0 Å². The summed E-state index contributed by atoms with van der Waals surface area (Å²) in [6.07, 6.45) is -8.77. The molecule has 1 aromatic rings. The van der Waals surface area contributed by atoms with Gasteiger partial charge in [-0.3, -0.25) is 14.4 Å². The lowest BCUT2D eigenvalue weighted by Crippen LogP contribution is -2.63. The van der Waals surface area contributed by atoms with Gasteiger partial charge in [0.25, 0.3) is 0 Å². The molecule has 3 heterocycles. The molecule has 86 heavy (non-hydrogen) atoms. The van der Waals surface area contributed by atoms with Crippen LogP contribution < -0.4 is 30.3 Å². The summed E-state index contributed by atoms with van der Waals surface area (Å²) in [5.74, 6) is 11.0. The van der Waals surface area contributed by atoms with Gasteiger partial charge >= 0.3 is 6.09 Å². The summed E-state index contributed by atoms with van der Waals surface area (Å²) >= 11 is 2.86. The second-order valence-electron chi connectivity index (χ2n) is 21.5. The Balaban J connectivity index is 1.25. The second-order valence-corrected chi connectivity index (χ2v) is 28.1. The van der Waals surface area contributed by atoms with Gasteiger partial charge in [0.2, 0.25) is 17.2 Å². The number of Topliss-reactive ketones (excluding diaryl/α,β-unsaturated/α-hetero) is 1. The molecule has 0 aromatic heterocycles. The number of hydrogen-bond donors (Lipinski definition) is 8. The van der Waals surface area contributed by atoms with Gasteiger partial charge in [-0.2, -0.15) is 5.48 Å². The smallest absolute Gasteiger partial charge is 0.407 e. The molecular formula is C58H84IN3O20S4. The predicted molar refractivity (Wildman–Crippen MR) is 334 cm³/mol. The third kappa shape index (κ3) is 17.7. The molecule has 2 aliphatic carbocycles. The summed E-state index contributed by atoms with van der Waals surface area (Å²) in [5, 5.41) is 63.9. The highest BCUT2D eigenvalue weighted by Crippen LogP contribution is 2.49. The van der Waals surface area contributed by atoms with E-state index in [4.69, 9.17) is 56.9 Å². The molecule has 5 aliphatic rings. The summed E-state index contributed by atoms with van der Waals surface area (Å²) in [6, 6.07) is -2.26. The largest absolute Gasteiger partial charge is 0.492 e. The number of hydrogen-bond acceptors (Lipinski definition) is 26. The van der Waals surface area contributed by atoms with Gasteiger partial charge < -0.3 is 88.3 Å². The van der Waals surface area contributed by atoms with Gasteiger partial charge in [0.1, 0.15) is 48.0 Å². The van der Waals surface area contributed by atoms with E-state index in [9.17, 15) is 39.9 Å². The molecule has 1 amide bonds. The van der Waals surface area contributed by atoms with Crippen LogP contribution in [0.1, 0.15) is 83.1 Å². The first-order valence-electron chi connectivity index (χ1n) is 28.3. The van der Waals surface area contributed by atoms with Crippen molar-refractivity contribution in [3.05, 3.63) is 38.5 Å². The Hall–Kier alpha value is -2.64. The van der Waals surface area contributed by atoms with Crippen molar-refractivity contribution in [2.75, 3.05) is 60.7 Å². The van der Waals surface area contributed by atoms with Gasteiger partial charge in [0.05, 0.1) is 96.9 Å². The van der Waals surface area contributed by atoms with E-state index in [1.54, 1.807) is 40.9 Å². The monoisotopic (exact) mass is 1400 g/mol. The van der Waals surface area contributed by atoms with Crippen LogP contribution >= 0.6 is 65.8 Å². The fourth-order valence-electron chi connectivity index (χ4n) is 11.3. The van der Waals surface area contributed by atoms with Crippen LogP contribution in [-0.2, 0) is 47.5 Å². The Morgan fingerprint density at radius 2 is 1.57 bits per heavy atom. The number of aliphatic hydroxyl groups is 5. The van der Waals surface area contributed by atoms with E-state index in [1.165, 1.54) is 78.9 Å². The summed E-state index contributed by atoms with van der Waals surface area (Å²) in [6.45, 7) is 12.8. The zero-order chi connectivity index (χ0) is 63.2. The Bertz CT molecular complexity index is 2630. The van der Waals surface area contributed by atoms with Crippen LogP contribution in [-0.4, -0.2) is 218 Å². The van der Waals surface area contributed by atoms with Crippen LogP contribution in [0.5, 0.6) is 17.2 Å². The molecule has 0 radical (unpaired) electrons. The van der Waals surface area contributed by atoms with Crippen LogP contribution in [0.4, 0.5) is 4.79 Å². The molecule has 0 bridgehead atoms. The summed E-state index contributed by atoms with van der Waals surface area (Å²) in [4.78, 5) is 47.2. The fourth-order valence-corrected chi connectivity index (χ4v) is 15.5. The van der Waals surface area contributed by atoms with Gasteiger partial charge in [0.15, 0.2) is 24.1 Å². The van der Waals surface area contributed by atoms with E-state index < -0.39 is 126 Å². The van der Waals surface area contributed by atoms with Crippen LogP contribution in [0.2, 0.25) is 0 Å². The predicted octanol–water partition coefficient (Wildman–Crippen LogP) is 4.62. The van der Waals surface area contributed by atoms with E-state index in [1.807, 2.05) is 42.7 Å². The average Bonchev–Trinajstić information content (AvgIpc) is 1.16. The number of rotatable bonds is 24. The second kappa shape index (κ2) is 34.1. The molecule has 3 aliphatic heterocycles. The third-order valence-electron chi connectivity index (χ3n) is 15.8. The number of likely N-dealkylation sites (N-methyl/N-ethyl adjacent to an activating group) is 1. The first-order chi connectivity index (χ1) is 41.0. The van der Waals surface area contributed by atoms with Crippen LogP contribution in [0.15, 0.2) is 23.8 Å². The summed E-state index contributed by atoms with van der Waals surface area (Å²) in [7, 11) is 11.4. The molecule has 3 saturated heterocycles. The SMILES string of the molecule is CCNC1COC(OC2C(O[C@H]3C#C/C=C\C#CC(C)[C@](O)(CC(C)=O)/C(=C/CSSSC)C3NC(=O)OC)CC(C)C(NOC3CC(O)C(SC(=O)c4c(C)c(I)c(OC5OC(C)C(O)C(OC)C5O)c(OC)c4OC)C(C)O3)C2O)CC1OC. The number of methoxy groups -OCH3 is 5. The topological polar surface area (TPSA) is 299 Å². The number of ketones is 1. The van der Waals surface area contributed by atoms with Crippen molar-refractivity contribution in [1.29, 1.82) is 0 Å². The number of carbonyl (C=O) groups is 3. The molecule has 8 N–H and O–H groups in total. The van der Waals surface area contributed by atoms with E-state index >= 15 is 0 Å². The lowest BCUT2D eigenvalue weighted by atomic mass is 9.74. The van der Waals surface area contributed by atoms with E-state index in [-0.39, 0.29) is 78.6 Å². The molecule has 19 unspecified atom stereocenters. The zero-order valence-corrected chi connectivity index (χ0v) is 56.0. The highest BCUT2D eigenvalue weighted by Gasteiger charge is 2.51. The number of ether oxygens (including phenoxy) is 11. The summed E-state index contributed by atoms with van der Waals surface area (Å²) in [5.41, 5.74) is 1.92. The lowest BCUT2D eigenvalue weighted by Gasteiger charge is -2.47. The van der Waals surface area contributed by atoms with Crippen molar-refractivity contribution < 1.29 is 96.9 Å². The van der Waals surface area contributed by atoms with Crippen LogP contribution in [0.25, 0.3) is 0 Å². The number of carbonyl (C=O) groups excluding carboxylic acids is 3. The number of halogens is 1. The minimum Gasteiger partial charge on any atom is -0.492 e. The molecule has 0 spiro atoms. The Labute approximate surface area is 533 Å². The van der Waals surface area contributed by atoms with Gasteiger partial charge in [0, 0.05) is 39.2 Å². The van der Waals surface area contributed by atoms with Gasteiger partial charge in [-0.05, 0) is 115 Å². The fraction of sp³-hybridized carbons (Fsp3) is 0.707. The maximum absolute atomic E-state index is 14.5. The van der Waals surface area contributed by atoms with Gasteiger partial charge in [-0.25, -0.2) is 4.79 Å². The molecule has 1 saturated carbocycles. The van der Waals surface area contributed by atoms with Crippen LogP contribution in [0.3, 0.4) is 0 Å². The maximum atomic E-state index is 14.5. The van der Waals surface area contributed by atoms with Crippen molar-refractivity contribution in [3.8, 4) is 40.9 Å². The number of nitrogens with one attached hydrogen (secondary N) is 3. The molecular weight excluding hydrogens is 1310 g/mol. The van der Waals surface area contributed by atoms with Crippen molar-refractivity contribution in [2.24, 2.45) is 11.8 Å². The molecule has 6 rings (SSSR count). The highest BCUT2D eigenvalue weighted by atomic mass is 127. The minimum atomic E-state index is -1.94. The van der Waals surface area contributed by atoms with Gasteiger partial charge in [-0.15, -0.1) is 0 Å². The first kappa shape index (κ1) is 72.4. The average molecular weight is 1400 g/mol. The molecule has 482 valence electrons. The van der Waals surface area contributed by atoms with Crippen molar-refractivity contribution in [1.82, 2.24) is 16.1 Å². The van der Waals surface area contributed by atoms with Crippen molar-refractivity contribution >= 4 is 82.8 Å². The lowest BCUT2D eigenvalue weighted by molar-refractivity contribution is -0.282.